The number of carboxylic acids is 1. The molecule has 0 fully saturated rings. The van der Waals surface area contributed by atoms with Crippen molar-refractivity contribution in [2.75, 3.05) is 11.5 Å². The molecule has 0 aromatic heterocycles. The summed E-state index contributed by atoms with van der Waals surface area (Å²) in [5.41, 5.74) is 0. The lowest BCUT2D eigenvalue weighted by Crippen LogP contribution is -1.94. The summed E-state index contributed by atoms with van der Waals surface area (Å²) in [4.78, 5) is 10.2. The highest BCUT2D eigenvalue weighted by molar-refractivity contribution is 8.76. The highest BCUT2D eigenvalue weighted by atomic mass is 33.1. The maximum atomic E-state index is 10.2. The third-order valence-corrected chi connectivity index (χ3v) is 4.06. The first-order chi connectivity index (χ1) is 6.27. The third-order valence-electron chi connectivity index (χ3n) is 1.56. The van der Waals surface area contributed by atoms with Crippen molar-refractivity contribution >= 4 is 27.6 Å². The maximum Gasteiger partial charge on any atom is 0.304 e. The Labute approximate surface area is 88.3 Å². The van der Waals surface area contributed by atoms with E-state index >= 15 is 0 Å². The van der Waals surface area contributed by atoms with Gasteiger partial charge in [-0.2, -0.15) is 0 Å². The number of aliphatic carboxylic acids is 1. The molecule has 13 heavy (non-hydrogen) atoms. The van der Waals surface area contributed by atoms with Gasteiger partial charge in [0.05, 0.1) is 6.42 Å². The first kappa shape index (κ1) is 13.2. The Morgan fingerprint density at radius 3 is 2.46 bits per heavy atom. The zero-order valence-corrected chi connectivity index (χ0v) is 9.75. The molecular weight excluding hydrogens is 204 g/mol. The predicted octanol–water partition coefficient (Wildman–Crippen LogP) is 3.42. The van der Waals surface area contributed by atoms with E-state index in [0.717, 1.165) is 11.5 Å². The van der Waals surface area contributed by atoms with Crippen LogP contribution in [0.3, 0.4) is 0 Å². The standard InChI is InChI=1S/C9H18O2S2/c1-2-3-4-5-7-12-13-8-6-9(10)11/h2-8H2,1H3,(H,10,11). The van der Waals surface area contributed by atoms with E-state index in [4.69, 9.17) is 5.11 Å². The summed E-state index contributed by atoms with van der Waals surface area (Å²) < 4.78 is 0. The molecule has 0 bridgehead atoms. The zero-order chi connectivity index (χ0) is 9.94. The molecule has 0 aromatic rings. The van der Waals surface area contributed by atoms with Crippen molar-refractivity contribution in [1.82, 2.24) is 0 Å². The van der Waals surface area contributed by atoms with Gasteiger partial charge in [0, 0.05) is 11.5 Å². The molecule has 0 aliphatic heterocycles. The fourth-order valence-corrected chi connectivity index (χ4v) is 2.96. The van der Waals surface area contributed by atoms with Gasteiger partial charge < -0.3 is 5.11 Å². The van der Waals surface area contributed by atoms with Crippen LogP contribution in [0, 0.1) is 0 Å². The topological polar surface area (TPSA) is 37.3 Å². The largest absolute Gasteiger partial charge is 0.481 e. The molecule has 1 N–H and O–H groups in total. The third kappa shape index (κ3) is 12.2. The summed E-state index contributed by atoms with van der Waals surface area (Å²) in [6.07, 6.45) is 5.45. The molecule has 4 heteroatoms. The summed E-state index contributed by atoms with van der Waals surface area (Å²) in [6, 6.07) is 0. The number of rotatable bonds is 9. The van der Waals surface area contributed by atoms with Crippen molar-refractivity contribution in [2.24, 2.45) is 0 Å². The number of hydrogen-bond donors (Lipinski definition) is 1. The normalized spacial score (nSPS) is 10.2. The molecule has 0 saturated carbocycles. The van der Waals surface area contributed by atoms with E-state index in [1.165, 1.54) is 25.7 Å². The van der Waals surface area contributed by atoms with Gasteiger partial charge in [0.1, 0.15) is 0 Å². The monoisotopic (exact) mass is 222 g/mol. The van der Waals surface area contributed by atoms with Crippen LogP contribution in [0.25, 0.3) is 0 Å². The minimum absolute atomic E-state index is 0.284. The molecule has 0 aliphatic rings. The minimum Gasteiger partial charge on any atom is -0.481 e. The summed E-state index contributed by atoms with van der Waals surface area (Å²) in [5.74, 6) is 1.19. The van der Waals surface area contributed by atoms with Crippen LogP contribution in [0.5, 0.6) is 0 Å². The lowest BCUT2D eigenvalue weighted by molar-refractivity contribution is -0.136. The molecular formula is C9H18O2S2. The van der Waals surface area contributed by atoms with Crippen molar-refractivity contribution in [3.63, 3.8) is 0 Å². The molecule has 0 atom stereocenters. The van der Waals surface area contributed by atoms with E-state index < -0.39 is 5.97 Å². The van der Waals surface area contributed by atoms with Gasteiger partial charge in [0.25, 0.3) is 0 Å². The van der Waals surface area contributed by atoms with E-state index in [1.54, 1.807) is 21.6 Å². The quantitative estimate of drug-likeness (QED) is 0.479. The zero-order valence-electron chi connectivity index (χ0n) is 8.12. The predicted molar refractivity (Wildman–Crippen MR) is 61.3 cm³/mol. The van der Waals surface area contributed by atoms with Gasteiger partial charge in [0.2, 0.25) is 0 Å². The van der Waals surface area contributed by atoms with Gasteiger partial charge in [0.15, 0.2) is 0 Å². The van der Waals surface area contributed by atoms with E-state index in [0.29, 0.717) is 0 Å². The Morgan fingerprint density at radius 2 is 1.85 bits per heavy atom. The summed E-state index contributed by atoms with van der Waals surface area (Å²) in [5, 5.41) is 8.36. The molecule has 0 heterocycles. The molecule has 0 unspecified atom stereocenters. The number of hydrogen-bond acceptors (Lipinski definition) is 3. The van der Waals surface area contributed by atoms with Crippen molar-refractivity contribution in [1.29, 1.82) is 0 Å². The van der Waals surface area contributed by atoms with Crippen LogP contribution in [-0.4, -0.2) is 22.6 Å². The van der Waals surface area contributed by atoms with Crippen LogP contribution >= 0.6 is 21.6 Å². The van der Waals surface area contributed by atoms with Gasteiger partial charge in [-0.1, -0.05) is 47.8 Å². The summed E-state index contributed by atoms with van der Waals surface area (Å²) >= 11 is 0. The highest BCUT2D eigenvalue weighted by Gasteiger charge is 1.96. The van der Waals surface area contributed by atoms with Gasteiger partial charge in [-0.05, 0) is 6.42 Å². The lowest BCUT2D eigenvalue weighted by Gasteiger charge is -1.99. The van der Waals surface area contributed by atoms with E-state index in [-0.39, 0.29) is 6.42 Å². The van der Waals surface area contributed by atoms with Crippen molar-refractivity contribution < 1.29 is 9.90 Å². The average molecular weight is 222 g/mol. The fourth-order valence-electron chi connectivity index (χ4n) is 0.835. The molecule has 0 saturated heterocycles. The van der Waals surface area contributed by atoms with Gasteiger partial charge in [-0.3, -0.25) is 4.79 Å². The van der Waals surface area contributed by atoms with Crippen molar-refractivity contribution in [2.45, 2.75) is 39.0 Å². The van der Waals surface area contributed by atoms with E-state index in [2.05, 4.69) is 6.92 Å². The Hall–Kier alpha value is 0.170. The van der Waals surface area contributed by atoms with Crippen LogP contribution in [0.1, 0.15) is 39.0 Å². The molecule has 0 amide bonds. The average Bonchev–Trinajstić information content (AvgIpc) is 2.09. The molecule has 0 aromatic carbocycles. The molecule has 0 spiro atoms. The van der Waals surface area contributed by atoms with Crippen LogP contribution < -0.4 is 0 Å². The number of unbranched alkanes of at least 4 members (excludes halogenated alkanes) is 3. The Kier molecular flexibility index (Phi) is 10.4. The molecule has 2 nitrogen and oxygen atoms in total. The van der Waals surface area contributed by atoms with Crippen molar-refractivity contribution in [3.8, 4) is 0 Å². The molecule has 78 valence electrons. The Balaban J connectivity index is 2.87. The SMILES string of the molecule is CCCCCCSSCCC(=O)O. The Morgan fingerprint density at radius 1 is 1.15 bits per heavy atom. The van der Waals surface area contributed by atoms with Crippen LogP contribution in [0.15, 0.2) is 0 Å². The highest BCUT2D eigenvalue weighted by Crippen LogP contribution is 2.23. The van der Waals surface area contributed by atoms with Gasteiger partial charge in [-0.15, -0.1) is 0 Å². The first-order valence-corrected chi connectivity index (χ1v) is 7.22. The van der Waals surface area contributed by atoms with E-state index in [1.807, 2.05) is 0 Å². The van der Waals surface area contributed by atoms with Crippen molar-refractivity contribution in [3.05, 3.63) is 0 Å². The number of carbonyl (C=O) groups is 1. The van der Waals surface area contributed by atoms with Gasteiger partial charge in [-0.25, -0.2) is 0 Å². The van der Waals surface area contributed by atoms with Gasteiger partial charge >= 0.3 is 5.97 Å². The summed E-state index contributed by atoms with van der Waals surface area (Å²) in [7, 11) is 3.47. The first-order valence-electron chi connectivity index (χ1n) is 4.73. The second kappa shape index (κ2) is 10.3. The Bertz CT molecular complexity index is 129. The number of carboxylic acid groups (broad SMARTS) is 1. The van der Waals surface area contributed by atoms with Crippen LogP contribution in [-0.2, 0) is 4.79 Å². The second-order valence-corrected chi connectivity index (χ2v) is 5.55. The second-order valence-electron chi connectivity index (χ2n) is 2.85. The maximum absolute atomic E-state index is 10.2. The summed E-state index contributed by atoms with van der Waals surface area (Å²) in [6.45, 7) is 2.20. The fraction of sp³-hybridized carbons (Fsp3) is 0.889. The molecule has 0 rings (SSSR count). The smallest absolute Gasteiger partial charge is 0.304 e. The van der Waals surface area contributed by atoms with E-state index in [9.17, 15) is 4.79 Å². The molecule has 0 aliphatic carbocycles. The van der Waals surface area contributed by atoms with Crippen LogP contribution in [0.2, 0.25) is 0 Å². The molecule has 0 radical (unpaired) electrons. The minimum atomic E-state index is -0.695. The lowest BCUT2D eigenvalue weighted by atomic mass is 10.2. The van der Waals surface area contributed by atoms with Crippen LogP contribution in [0.4, 0.5) is 0 Å².